The van der Waals surface area contributed by atoms with Crippen molar-refractivity contribution in [2.45, 2.75) is 51.4 Å². The van der Waals surface area contributed by atoms with Crippen LogP contribution in [0, 0.1) is 5.92 Å². The highest BCUT2D eigenvalue weighted by atomic mass is 16.5. The lowest BCUT2D eigenvalue weighted by Gasteiger charge is -2.39. The van der Waals surface area contributed by atoms with Crippen molar-refractivity contribution in [3.05, 3.63) is 0 Å². The van der Waals surface area contributed by atoms with Gasteiger partial charge < -0.3 is 10.5 Å². The molecule has 4 unspecified atom stereocenters. The van der Waals surface area contributed by atoms with E-state index < -0.39 is 0 Å². The van der Waals surface area contributed by atoms with Gasteiger partial charge in [0.1, 0.15) is 0 Å². The summed E-state index contributed by atoms with van der Waals surface area (Å²) in [5.74, 6) is 0.767. The van der Waals surface area contributed by atoms with E-state index in [4.69, 9.17) is 10.5 Å². The normalized spacial score (nSPS) is 43.4. The minimum absolute atomic E-state index is 0.394. The molecule has 1 aliphatic carbocycles. The third-order valence-corrected chi connectivity index (χ3v) is 3.81. The summed E-state index contributed by atoms with van der Waals surface area (Å²) in [6.07, 6.45) is 4.75. The van der Waals surface area contributed by atoms with Gasteiger partial charge in [0.15, 0.2) is 0 Å². The summed E-state index contributed by atoms with van der Waals surface area (Å²) in [6, 6.07) is 0.771. The fourth-order valence-electron chi connectivity index (χ4n) is 3.11. The molecule has 4 atom stereocenters. The van der Waals surface area contributed by atoms with Crippen LogP contribution in [0.1, 0.15) is 33.1 Å². The van der Waals surface area contributed by atoms with E-state index in [-0.39, 0.29) is 0 Å². The largest absolute Gasteiger partial charge is 0.373 e. The molecule has 0 aromatic rings. The lowest BCUT2D eigenvalue weighted by molar-refractivity contribution is -0.0799. The Balaban J connectivity index is 1.88. The van der Waals surface area contributed by atoms with Crippen LogP contribution in [-0.4, -0.2) is 42.8 Å². The van der Waals surface area contributed by atoms with Crippen LogP contribution in [0.3, 0.4) is 0 Å². The van der Waals surface area contributed by atoms with Crippen molar-refractivity contribution < 1.29 is 4.74 Å². The minimum atomic E-state index is 0.394. The van der Waals surface area contributed by atoms with E-state index in [9.17, 15) is 0 Å². The summed E-state index contributed by atoms with van der Waals surface area (Å²) >= 11 is 0. The lowest BCUT2D eigenvalue weighted by Crippen LogP contribution is -2.49. The summed E-state index contributed by atoms with van der Waals surface area (Å²) in [5.41, 5.74) is 5.74. The number of rotatable bonds is 2. The van der Waals surface area contributed by atoms with Crippen molar-refractivity contribution in [1.82, 2.24) is 4.90 Å². The van der Waals surface area contributed by atoms with Crippen molar-refractivity contribution >= 4 is 0 Å². The highest BCUT2D eigenvalue weighted by molar-refractivity contribution is 4.86. The molecule has 1 saturated carbocycles. The Kier molecular flexibility index (Phi) is 3.65. The van der Waals surface area contributed by atoms with E-state index in [2.05, 4.69) is 18.7 Å². The monoisotopic (exact) mass is 212 g/mol. The van der Waals surface area contributed by atoms with E-state index in [1.165, 1.54) is 19.3 Å². The van der Waals surface area contributed by atoms with Crippen LogP contribution >= 0.6 is 0 Å². The first-order valence-electron chi connectivity index (χ1n) is 6.28. The molecule has 3 heteroatoms. The summed E-state index contributed by atoms with van der Waals surface area (Å²) < 4.78 is 5.76. The first kappa shape index (κ1) is 11.4. The number of ether oxygens (including phenoxy) is 1. The molecule has 88 valence electrons. The molecule has 2 aliphatic rings. The van der Waals surface area contributed by atoms with E-state index in [0.29, 0.717) is 12.2 Å². The molecule has 0 aromatic carbocycles. The quantitative estimate of drug-likeness (QED) is 0.748. The van der Waals surface area contributed by atoms with E-state index in [0.717, 1.165) is 31.6 Å². The molecule has 2 fully saturated rings. The zero-order chi connectivity index (χ0) is 10.8. The minimum Gasteiger partial charge on any atom is -0.373 e. The van der Waals surface area contributed by atoms with Gasteiger partial charge in [-0.3, -0.25) is 4.90 Å². The molecule has 3 nitrogen and oxygen atoms in total. The van der Waals surface area contributed by atoms with Gasteiger partial charge in [-0.15, -0.1) is 0 Å². The summed E-state index contributed by atoms with van der Waals surface area (Å²) in [5, 5.41) is 0. The van der Waals surface area contributed by atoms with Crippen molar-refractivity contribution in [2.75, 3.05) is 19.6 Å². The van der Waals surface area contributed by atoms with Crippen LogP contribution in [0.15, 0.2) is 0 Å². The van der Waals surface area contributed by atoms with Crippen LogP contribution in [-0.2, 0) is 4.74 Å². The van der Waals surface area contributed by atoms with Crippen LogP contribution < -0.4 is 5.73 Å². The molecule has 2 rings (SSSR count). The molecule has 1 heterocycles. The van der Waals surface area contributed by atoms with E-state index in [1.807, 2.05) is 0 Å². The van der Waals surface area contributed by atoms with Gasteiger partial charge in [-0.1, -0.05) is 0 Å². The second kappa shape index (κ2) is 4.81. The highest BCUT2D eigenvalue weighted by Crippen LogP contribution is 2.30. The van der Waals surface area contributed by atoms with Gasteiger partial charge in [0.05, 0.1) is 12.2 Å². The second-order valence-corrected chi connectivity index (χ2v) is 5.28. The van der Waals surface area contributed by atoms with Gasteiger partial charge in [0.25, 0.3) is 0 Å². The van der Waals surface area contributed by atoms with Gasteiger partial charge in [0, 0.05) is 19.1 Å². The van der Waals surface area contributed by atoms with Gasteiger partial charge in [-0.05, 0) is 45.6 Å². The second-order valence-electron chi connectivity index (χ2n) is 5.28. The third kappa shape index (κ3) is 2.71. The van der Waals surface area contributed by atoms with Crippen LogP contribution in [0.5, 0.6) is 0 Å². The Morgan fingerprint density at radius 1 is 1.20 bits per heavy atom. The van der Waals surface area contributed by atoms with Crippen molar-refractivity contribution in [3.8, 4) is 0 Å². The number of hydrogen-bond donors (Lipinski definition) is 1. The summed E-state index contributed by atoms with van der Waals surface area (Å²) in [6.45, 7) is 7.43. The summed E-state index contributed by atoms with van der Waals surface area (Å²) in [4.78, 5) is 2.62. The molecule has 1 aliphatic heterocycles. The first-order chi connectivity index (χ1) is 7.19. The fourth-order valence-corrected chi connectivity index (χ4v) is 3.11. The number of hydrogen-bond acceptors (Lipinski definition) is 3. The Morgan fingerprint density at radius 2 is 1.87 bits per heavy atom. The number of nitrogens with zero attached hydrogens (tertiary/aromatic N) is 1. The Hall–Kier alpha value is -0.120. The average Bonchev–Trinajstić information content (AvgIpc) is 2.64. The topological polar surface area (TPSA) is 38.5 Å². The van der Waals surface area contributed by atoms with Gasteiger partial charge in [-0.25, -0.2) is 0 Å². The highest BCUT2D eigenvalue weighted by Gasteiger charge is 2.32. The average molecular weight is 212 g/mol. The van der Waals surface area contributed by atoms with Crippen molar-refractivity contribution in [3.63, 3.8) is 0 Å². The number of nitrogens with two attached hydrogens (primary N) is 1. The number of morpholine rings is 1. The van der Waals surface area contributed by atoms with Crippen LogP contribution in [0.2, 0.25) is 0 Å². The third-order valence-electron chi connectivity index (χ3n) is 3.81. The smallest absolute Gasteiger partial charge is 0.0678 e. The van der Waals surface area contributed by atoms with Crippen molar-refractivity contribution in [2.24, 2.45) is 11.7 Å². The van der Waals surface area contributed by atoms with Crippen molar-refractivity contribution in [1.29, 1.82) is 0 Å². The Labute approximate surface area is 93.0 Å². The van der Waals surface area contributed by atoms with Gasteiger partial charge >= 0.3 is 0 Å². The molecule has 1 saturated heterocycles. The van der Waals surface area contributed by atoms with E-state index in [1.54, 1.807) is 0 Å². The van der Waals surface area contributed by atoms with E-state index >= 15 is 0 Å². The Bertz CT molecular complexity index is 200. The standard InChI is InChI=1S/C12H24N2O/c1-9-7-14(8-10(2)15-9)12-4-3-11(5-12)6-13/h9-12H,3-8,13H2,1-2H3. The zero-order valence-corrected chi connectivity index (χ0v) is 9.98. The maximum Gasteiger partial charge on any atom is 0.0678 e. The molecule has 0 radical (unpaired) electrons. The maximum absolute atomic E-state index is 5.76. The molecular weight excluding hydrogens is 188 g/mol. The van der Waals surface area contributed by atoms with Gasteiger partial charge in [0.2, 0.25) is 0 Å². The van der Waals surface area contributed by atoms with Gasteiger partial charge in [-0.2, -0.15) is 0 Å². The summed E-state index contributed by atoms with van der Waals surface area (Å²) in [7, 11) is 0. The zero-order valence-electron chi connectivity index (χ0n) is 9.98. The lowest BCUT2D eigenvalue weighted by atomic mass is 10.1. The molecule has 0 amide bonds. The predicted octanol–water partition coefficient (Wildman–Crippen LogP) is 1.22. The molecule has 0 aromatic heterocycles. The predicted molar refractivity (Wildman–Crippen MR) is 61.8 cm³/mol. The Morgan fingerprint density at radius 3 is 2.40 bits per heavy atom. The van der Waals surface area contributed by atoms with Crippen LogP contribution in [0.4, 0.5) is 0 Å². The maximum atomic E-state index is 5.76. The SMILES string of the molecule is CC1CN(C2CCC(CN)C2)CC(C)O1. The van der Waals surface area contributed by atoms with Crippen LogP contribution in [0.25, 0.3) is 0 Å². The molecule has 15 heavy (non-hydrogen) atoms. The molecule has 0 spiro atoms. The molecular formula is C12H24N2O. The first-order valence-corrected chi connectivity index (χ1v) is 6.28. The molecule has 0 bridgehead atoms. The fraction of sp³-hybridized carbons (Fsp3) is 1.00. The molecule has 2 N–H and O–H groups in total.